The van der Waals surface area contributed by atoms with Crippen molar-refractivity contribution in [1.82, 2.24) is 14.5 Å². The monoisotopic (exact) mass is 266 g/mol. The van der Waals surface area contributed by atoms with Crippen molar-refractivity contribution < 1.29 is 0 Å². The number of hydrogen-bond donors (Lipinski definition) is 1. The van der Waals surface area contributed by atoms with Crippen LogP contribution in [0.15, 0.2) is 35.3 Å². The maximum Gasteiger partial charge on any atom is 0.127 e. The third-order valence-electron chi connectivity index (χ3n) is 2.08. The lowest BCUT2D eigenvalue weighted by atomic mass is 10.4. The highest BCUT2D eigenvalue weighted by Crippen LogP contribution is 2.14. The number of aryl methyl sites for hydroxylation is 1. The molecule has 0 atom stereocenters. The second-order valence-electron chi connectivity index (χ2n) is 3.20. The van der Waals surface area contributed by atoms with Gasteiger partial charge in [-0.15, -0.1) is 0 Å². The number of hydrogen-bond acceptors (Lipinski definition) is 3. The number of rotatable bonds is 3. The van der Waals surface area contributed by atoms with Crippen molar-refractivity contribution >= 4 is 21.6 Å². The normalized spacial score (nSPS) is 10.3. The van der Waals surface area contributed by atoms with E-state index in [1.165, 1.54) is 0 Å². The number of nitrogens with zero attached hydrogens (tertiary/aromatic N) is 3. The lowest BCUT2D eigenvalue weighted by molar-refractivity contribution is 0.812. The van der Waals surface area contributed by atoms with E-state index in [1.54, 1.807) is 18.6 Å². The van der Waals surface area contributed by atoms with Crippen LogP contribution in [0.25, 0.3) is 0 Å². The van der Waals surface area contributed by atoms with E-state index in [9.17, 15) is 0 Å². The minimum absolute atomic E-state index is 0.696. The predicted molar refractivity (Wildman–Crippen MR) is 62.5 cm³/mol. The number of anilines is 1. The fourth-order valence-corrected chi connectivity index (χ4v) is 1.62. The molecule has 0 unspecified atom stereocenters. The third kappa shape index (κ3) is 2.56. The van der Waals surface area contributed by atoms with Crippen LogP contribution in [-0.4, -0.2) is 14.5 Å². The second kappa shape index (κ2) is 4.44. The van der Waals surface area contributed by atoms with Crippen molar-refractivity contribution in [3.05, 3.63) is 41.2 Å². The zero-order valence-corrected chi connectivity index (χ0v) is 9.90. The molecular weight excluding hydrogens is 256 g/mol. The zero-order valence-electron chi connectivity index (χ0n) is 8.31. The average molecular weight is 267 g/mol. The topological polar surface area (TPSA) is 42.7 Å². The standard InChI is InChI=1S/C10H11BrN4/c1-15-3-2-13-10(15)7-14-9-4-8(11)5-12-6-9/h2-6,14H,7H2,1H3. The first kappa shape index (κ1) is 10.2. The molecule has 0 saturated heterocycles. The molecule has 2 aromatic heterocycles. The van der Waals surface area contributed by atoms with Gasteiger partial charge in [0.25, 0.3) is 0 Å². The van der Waals surface area contributed by atoms with E-state index in [0.29, 0.717) is 6.54 Å². The Bertz CT molecular complexity index is 452. The Morgan fingerprint density at radius 3 is 3.00 bits per heavy atom. The SMILES string of the molecule is Cn1ccnc1CNc1cncc(Br)c1. The first-order chi connectivity index (χ1) is 7.25. The fraction of sp³-hybridized carbons (Fsp3) is 0.200. The molecule has 0 saturated carbocycles. The summed E-state index contributed by atoms with van der Waals surface area (Å²) in [6.07, 6.45) is 7.26. The van der Waals surface area contributed by atoms with E-state index in [2.05, 4.69) is 31.2 Å². The van der Waals surface area contributed by atoms with Gasteiger partial charge in [0.05, 0.1) is 18.4 Å². The number of imidazole rings is 1. The Labute approximate surface area is 96.5 Å². The number of halogens is 1. The van der Waals surface area contributed by atoms with Gasteiger partial charge in [0.15, 0.2) is 0 Å². The number of aromatic nitrogens is 3. The van der Waals surface area contributed by atoms with Crippen molar-refractivity contribution in [3.63, 3.8) is 0 Å². The molecule has 2 aromatic rings. The summed E-state index contributed by atoms with van der Waals surface area (Å²) in [7, 11) is 1.98. The molecule has 0 spiro atoms. The molecular formula is C10H11BrN4. The van der Waals surface area contributed by atoms with Gasteiger partial charge in [0, 0.05) is 30.1 Å². The molecule has 5 heteroatoms. The maximum atomic E-state index is 4.22. The Morgan fingerprint density at radius 1 is 1.47 bits per heavy atom. The van der Waals surface area contributed by atoms with Gasteiger partial charge in [0.2, 0.25) is 0 Å². The highest BCUT2D eigenvalue weighted by atomic mass is 79.9. The largest absolute Gasteiger partial charge is 0.377 e. The maximum absolute atomic E-state index is 4.22. The molecule has 0 bridgehead atoms. The van der Waals surface area contributed by atoms with E-state index in [4.69, 9.17) is 0 Å². The van der Waals surface area contributed by atoms with Gasteiger partial charge in [-0.25, -0.2) is 4.98 Å². The fourth-order valence-electron chi connectivity index (χ4n) is 1.26. The summed E-state index contributed by atoms with van der Waals surface area (Å²) >= 11 is 3.37. The summed E-state index contributed by atoms with van der Waals surface area (Å²) in [5, 5.41) is 3.25. The Morgan fingerprint density at radius 2 is 2.33 bits per heavy atom. The first-order valence-corrected chi connectivity index (χ1v) is 5.35. The molecule has 0 aromatic carbocycles. The zero-order chi connectivity index (χ0) is 10.7. The van der Waals surface area contributed by atoms with E-state index >= 15 is 0 Å². The van der Waals surface area contributed by atoms with Gasteiger partial charge in [-0.3, -0.25) is 4.98 Å². The van der Waals surface area contributed by atoms with Crippen molar-refractivity contribution in [2.45, 2.75) is 6.54 Å². The minimum Gasteiger partial charge on any atom is -0.377 e. The van der Waals surface area contributed by atoms with Crippen molar-refractivity contribution in [1.29, 1.82) is 0 Å². The molecule has 2 heterocycles. The van der Waals surface area contributed by atoms with Crippen LogP contribution in [-0.2, 0) is 13.6 Å². The summed E-state index contributed by atoms with van der Waals surface area (Å²) in [5.41, 5.74) is 0.979. The quantitative estimate of drug-likeness (QED) is 0.926. The van der Waals surface area contributed by atoms with E-state index in [-0.39, 0.29) is 0 Å². The van der Waals surface area contributed by atoms with Crippen LogP contribution < -0.4 is 5.32 Å². The summed E-state index contributed by atoms with van der Waals surface area (Å²) in [6, 6.07) is 1.98. The first-order valence-electron chi connectivity index (χ1n) is 4.56. The molecule has 0 fully saturated rings. The molecule has 4 nitrogen and oxygen atoms in total. The summed E-state index contributed by atoms with van der Waals surface area (Å²) in [6.45, 7) is 0.696. The Balaban J connectivity index is 2.02. The molecule has 0 aliphatic carbocycles. The van der Waals surface area contributed by atoms with Crippen molar-refractivity contribution in [3.8, 4) is 0 Å². The molecule has 78 valence electrons. The van der Waals surface area contributed by atoms with Gasteiger partial charge in [-0.1, -0.05) is 0 Å². The lowest BCUT2D eigenvalue weighted by Crippen LogP contribution is -2.05. The second-order valence-corrected chi connectivity index (χ2v) is 4.12. The highest BCUT2D eigenvalue weighted by molar-refractivity contribution is 9.10. The van der Waals surface area contributed by atoms with E-state index in [1.807, 2.05) is 23.9 Å². The molecule has 0 amide bonds. The van der Waals surface area contributed by atoms with Gasteiger partial charge in [-0.05, 0) is 22.0 Å². The molecule has 15 heavy (non-hydrogen) atoms. The van der Waals surface area contributed by atoms with Crippen LogP contribution in [0.2, 0.25) is 0 Å². The van der Waals surface area contributed by atoms with Crippen LogP contribution in [0.1, 0.15) is 5.82 Å². The van der Waals surface area contributed by atoms with Crippen molar-refractivity contribution in [2.75, 3.05) is 5.32 Å². The van der Waals surface area contributed by atoms with Crippen LogP contribution in [0.5, 0.6) is 0 Å². The molecule has 0 aliphatic heterocycles. The lowest BCUT2D eigenvalue weighted by Gasteiger charge is -2.05. The molecule has 1 N–H and O–H groups in total. The molecule has 0 aliphatic rings. The smallest absolute Gasteiger partial charge is 0.127 e. The molecule has 2 rings (SSSR count). The van der Waals surface area contributed by atoms with Crippen LogP contribution in [0, 0.1) is 0 Å². The molecule has 0 radical (unpaired) electrons. The Hall–Kier alpha value is -1.36. The van der Waals surface area contributed by atoms with Crippen LogP contribution in [0.3, 0.4) is 0 Å². The van der Waals surface area contributed by atoms with Gasteiger partial charge in [0.1, 0.15) is 5.82 Å². The van der Waals surface area contributed by atoms with Crippen molar-refractivity contribution in [2.24, 2.45) is 7.05 Å². The Kier molecular flexibility index (Phi) is 3.01. The minimum atomic E-state index is 0.696. The predicted octanol–water partition coefficient (Wildman–Crippen LogP) is 2.19. The van der Waals surface area contributed by atoms with Gasteiger partial charge >= 0.3 is 0 Å². The summed E-state index contributed by atoms with van der Waals surface area (Å²) in [5.74, 6) is 0.995. The van der Waals surface area contributed by atoms with E-state index in [0.717, 1.165) is 16.0 Å². The van der Waals surface area contributed by atoms with Crippen LogP contribution >= 0.6 is 15.9 Å². The third-order valence-corrected chi connectivity index (χ3v) is 2.51. The summed E-state index contributed by atoms with van der Waals surface area (Å²) in [4.78, 5) is 8.29. The highest BCUT2D eigenvalue weighted by Gasteiger charge is 1.99. The van der Waals surface area contributed by atoms with E-state index < -0.39 is 0 Å². The average Bonchev–Trinajstić information content (AvgIpc) is 2.61. The van der Waals surface area contributed by atoms with Gasteiger partial charge in [-0.2, -0.15) is 0 Å². The van der Waals surface area contributed by atoms with Gasteiger partial charge < -0.3 is 9.88 Å². The number of nitrogens with one attached hydrogen (secondary N) is 1. The number of pyridine rings is 1. The summed E-state index contributed by atoms with van der Waals surface area (Å²) < 4.78 is 2.95. The van der Waals surface area contributed by atoms with Crippen LogP contribution in [0.4, 0.5) is 5.69 Å².